The lowest BCUT2D eigenvalue weighted by atomic mass is 10.0. The number of carbonyl (C=O) groups excluding carboxylic acids is 7. The van der Waals surface area contributed by atoms with Gasteiger partial charge >= 0.3 is 18.3 Å². The highest BCUT2D eigenvalue weighted by atomic mass is 28.4. The van der Waals surface area contributed by atoms with Crippen LogP contribution in [0.4, 0.5) is 40.2 Å². The van der Waals surface area contributed by atoms with E-state index in [-0.39, 0.29) is 103 Å². The number of alkyl carbamates (subject to hydrolysis) is 1. The Morgan fingerprint density at radius 1 is 0.646 bits per heavy atom. The molecule has 2 heterocycles. The van der Waals surface area contributed by atoms with Crippen LogP contribution in [0, 0.1) is 24.5 Å². The molecule has 512 valence electrons. The normalized spacial score (nSPS) is 15.1. The summed E-state index contributed by atoms with van der Waals surface area (Å²) in [7, 11) is -0.876. The fraction of sp³-hybridized carbons (Fsp3) is 0.375. The van der Waals surface area contributed by atoms with E-state index in [0.29, 0.717) is 41.8 Å². The first-order valence-electron chi connectivity index (χ1n) is 31.7. The lowest BCUT2D eigenvalue weighted by molar-refractivity contribution is -0.128. The maximum atomic E-state index is 14.9. The van der Waals surface area contributed by atoms with Gasteiger partial charge in [-0.2, -0.15) is 0 Å². The smallest absolute Gasteiger partial charge is 0.411 e. The van der Waals surface area contributed by atoms with Crippen LogP contribution in [-0.4, -0.2) is 124 Å². The molecule has 96 heavy (non-hydrogen) atoms. The van der Waals surface area contributed by atoms with Crippen molar-refractivity contribution in [2.75, 3.05) is 56.1 Å². The van der Waals surface area contributed by atoms with Crippen molar-refractivity contribution in [2.45, 2.75) is 130 Å². The van der Waals surface area contributed by atoms with Crippen molar-refractivity contribution in [1.82, 2.24) is 20.4 Å². The lowest BCUT2D eigenvalue weighted by Crippen LogP contribution is -2.53. The molecule has 0 radical (unpaired) electrons. The molecule has 0 spiro atoms. The standard InChI is InChI=1S/C72H87F2N7O14Si/c1-14-30-92-69(86)77-59-38-61(45(6)34-57(59)67(84)81-41-51(49-22-26-53(74)27-23-49)36-56(81)43-95-96(12,13)72(8,9)10)90-32-17-33-91-63-39-60(58(37-62(63)89-11)68(85)80-40-50(35-55(80)16-3)48-20-24-52(73)25-21-48)78-70(87)94-42-47-18-28-54(29-19-47)76-65(82)46(7)75-66(83)64(44(4)5)79-71(88)93-31-15-2/h14-15,18-29,34,37-41,44,46,55-56,64H,1-2,16-17,30-33,35-36,42-43H2,3-13H3,(H,75,83)(H,76,82)(H,77,86)(H,78,87)(H,79,88)/t46-,55+,56-,64-/m0/s1. The number of nitrogens with one attached hydrogen (secondary N) is 5. The van der Waals surface area contributed by atoms with Crippen LogP contribution in [0.25, 0.3) is 11.1 Å². The molecule has 0 saturated carbocycles. The minimum Gasteiger partial charge on any atom is -0.493 e. The van der Waals surface area contributed by atoms with Crippen LogP contribution >= 0.6 is 0 Å². The van der Waals surface area contributed by atoms with Crippen LogP contribution in [-0.2, 0) is 34.8 Å². The highest BCUT2D eigenvalue weighted by molar-refractivity contribution is 6.74. The molecule has 5 aromatic rings. The molecule has 0 fully saturated rings. The molecule has 2 aliphatic rings. The largest absolute Gasteiger partial charge is 0.493 e. The summed E-state index contributed by atoms with van der Waals surface area (Å²) in [5, 5.41) is 13.2. The Morgan fingerprint density at radius 3 is 1.69 bits per heavy atom. The second kappa shape index (κ2) is 33.5. The fourth-order valence-corrected chi connectivity index (χ4v) is 11.2. The Hall–Kier alpha value is -9.81. The molecule has 0 aromatic heterocycles. The minimum atomic E-state index is -2.28. The number of ether oxygens (including phenoxy) is 6. The predicted octanol–water partition coefficient (Wildman–Crippen LogP) is 13.9. The summed E-state index contributed by atoms with van der Waals surface area (Å²) >= 11 is 0. The third-order valence-corrected chi connectivity index (χ3v) is 21.2. The second-order valence-electron chi connectivity index (χ2n) is 25.1. The predicted molar refractivity (Wildman–Crippen MR) is 366 cm³/mol. The number of methoxy groups -OCH3 is 1. The molecule has 0 unspecified atom stereocenters. The van der Waals surface area contributed by atoms with Crippen LogP contribution in [0.3, 0.4) is 0 Å². The van der Waals surface area contributed by atoms with Crippen molar-refractivity contribution >= 4 is 78.4 Å². The van der Waals surface area contributed by atoms with Gasteiger partial charge in [-0.3, -0.25) is 29.8 Å². The zero-order valence-corrected chi connectivity index (χ0v) is 57.3. The van der Waals surface area contributed by atoms with Gasteiger partial charge in [-0.25, -0.2) is 23.2 Å². The second-order valence-corrected chi connectivity index (χ2v) is 29.9. The van der Waals surface area contributed by atoms with Crippen LogP contribution in [0.2, 0.25) is 18.1 Å². The van der Waals surface area contributed by atoms with E-state index in [9.17, 15) is 42.3 Å². The van der Waals surface area contributed by atoms with Crippen molar-refractivity contribution in [3.63, 3.8) is 0 Å². The summed E-state index contributed by atoms with van der Waals surface area (Å²) in [4.78, 5) is 98.3. The summed E-state index contributed by atoms with van der Waals surface area (Å²) < 4.78 is 69.0. The van der Waals surface area contributed by atoms with Crippen molar-refractivity contribution in [3.8, 4) is 17.2 Å². The molecule has 0 bridgehead atoms. The number of carbonyl (C=O) groups is 7. The first-order valence-corrected chi connectivity index (χ1v) is 34.6. The zero-order chi connectivity index (χ0) is 70.0. The maximum Gasteiger partial charge on any atom is 0.411 e. The van der Waals surface area contributed by atoms with Crippen LogP contribution in [0.5, 0.6) is 17.2 Å². The van der Waals surface area contributed by atoms with E-state index in [4.69, 9.17) is 32.8 Å². The van der Waals surface area contributed by atoms with Crippen molar-refractivity contribution < 1.29 is 75.2 Å². The summed E-state index contributed by atoms with van der Waals surface area (Å²) in [5.41, 5.74) is 4.93. The van der Waals surface area contributed by atoms with Crippen molar-refractivity contribution in [2.24, 2.45) is 5.92 Å². The van der Waals surface area contributed by atoms with Gasteiger partial charge in [0.25, 0.3) is 11.8 Å². The molecule has 4 atom stereocenters. The van der Waals surface area contributed by atoms with Gasteiger partial charge in [0.2, 0.25) is 11.8 Å². The topological polar surface area (TPSA) is 251 Å². The highest BCUT2D eigenvalue weighted by Crippen LogP contribution is 2.41. The molecular weight excluding hydrogens is 1250 g/mol. The van der Waals surface area contributed by atoms with E-state index < -0.39 is 74.2 Å². The summed E-state index contributed by atoms with van der Waals surface area (Å²) in [6, 6.07) is 21.9. The Morgan fingerprint density at radius 2 is 1.16 bits per heavy atom. The number of benzene rings is 5. The van der Waals surface area contributed by atoms with E-state index in [1.807, 2.05) is 6.92 Å². The lowest BCUT2D eigenvalue weighted by Gasteiger charge is -2.38. The number of halogens is 2. The Balaban J connectivity index is 1.07. The molecule has 24 heteroatoms. The van der Waals surface area contributed by atoms with Crippen LogP contribution in [0.15, 0.2) is 135 Å². The number of rotatable bonds is 29. The third-order valence-electron chi connectivity index (χ3n) is 16.7. The average Bonchev–Trinajstić information content (AvgIpc) is 1.36. The quantitative estimate of drug-likeness (QED) is 0.0129. The monoisotopic (exact) mass is 1340 g/mol. The number of aryl methyl sites for hydroxylation is 1. The van der Waals surface area contributed by atoms with Gasteiger partial charge in [-0.05, 0) is 139 Å². The molecule has 7 rings (SSSR count). The molecule has 21 nitrogen and oxygen atoms in total. The van der Waals surface area contributed by atoms with Crippen LogP contribution < -0.4 is 40.8 Å². The molecule has 5 aromatic carbocycles. The Bertz CT molecular complexity index is 3700. The first kappa shape index (κ1) is 73.6. The highest BCUT2D eigenvalue weighted by Gasteiger charge is 2.40. The molecule has 7 amide bonds. The van der Waals surface area contributed by atoms with E-state index in [1.165, 1.54) is 62.6 Å². The van der Waals surface area contributed by atoms with Gasteiger partial charge in [-0.1, -0.05) is 103 Å². The Labute approximate surface area is 560 Å². The van der Waals surface area contributed by atoms with Crippen molar-refractivity contribution in [1.29, 1.82) is 0 Å². The van der Waals surface area contributed by atoms with Crippen molar-refractivity contribution in [3.05, 3.63) is 180 Å². The number of nitrogens with zero attached hydrogens (tertiary/aromatic N) is 2. The molecule has 0 aliphatic carbocycles. The molecule has 2 aliphatic heterocycles. The van der Waals surface area contributed by atoms with E-state index in [1.54, 1.807) is 104 Å². The van der Waals surface area contributed by atoms with Gasteiger partial charge < -0.3 is 58.6 Å². The van der Waals surface area contributed by atoms with E-state index in [0.717, 1.165) is 22.3 Å². The van der Waals surface area contributed by atoms with Gasteiger partial charge in [0.1, 0.15) is 49.3 Å². The molecule has 5 N–H and O–H groups in total. The minimum absolute atomic E-state index is 0.0281. The van der Waals surface area contributed by atoms with Gasteiger partial charge in [-0.15, -0.1) is 0 Å². The van der Waals surface area contributed by atoms with Gasteiger partial charge in [0.15, 0.2) is 19.8 Å². The summed E-state index contributed by atoms with van der Waals surface area (Å²) in [6.07, 6.45) is 5.46. The fourth-order valence-electron chi connectivity index (χ4n) is 10.2. The first-order chi connectivity index (χ1) is 45.6. The zero-order valence-electron chi connectivity index (χ0n) is 56.3. The Kier molecular flexibility index (Phi) is 25.7. The summed E-state index contributed by atoms with van der Waals surface area (Å²) in [5.74, 6) is -2.49. The van der Waals surface area contributed by atoms with Gasteiger partial charge in [0, 0.05) is 42.7 Å². The average molecular weight is 1340 g/mol. The number of anilines is 3. The number of hydrogen-bond acceptors (Lipinski definition) is 14. The number of hydrogen-bond donors (Lipinski definition) is 5. The third kappa shape index (κ3) is 19.6. The van der Waals surface area contributed by atoms with Crippen LogP contribution in [0.1, 0.15) is 117 Å². The summed E-state index contributed by atoms with van der Waals surface area (Å²) in [6.45, 7) is 26.4. The SMILES string of the molecule is C=CCOC(=O)Nc1cc(OCCCOc2cc(NC(=O)OCc3ccc(NC(=O)[C@H](C)NC(=O)[C@@H](NC(=O)OCC=C)C(C)C)cc3)c(C(=O)N3C=C(c4ccc(F)cc4)C[C@H]3CC)cc2OC)c(C)cc1C(=O)N1C=C(c2ccc(F)cc2)C[C@H]1CO[Si](C)(C)C(C)(C)C. The molecule has 0 saturated heterocycles. The number of amides is 7. The van der Waals surface area contributed by atoms with Gasteiger partial charge in [0.05, 0.1) is 55.5 Å². The van der Waals surface area contributed by atoms with E-state index in [2.05, 4.69) is 73.6 Å². The van der Waals surface area contributed by atoms with E-state index >= 15 is 0 Å². The molecular formula is C72H87F2N7O14Si. The maximum absolute atomic E-state index is 14.9.